The van der Waals surface area contributed by atoms with Gasteiger partial charge >= 0.3 is 0 Å². The Balaban J connectivity index is 1.95. The van der Waals surface area contributed by atoms with E-state index in [1.807, 2.05) is 0 Å². The van der Waals surface area contributed by atoms with Crippen LogP contribution < -0.4 is 23.8 Å². The summed E-state index contributed by atoms with van der Waals surface area (Å²) in [7, 11) is 0.0237. The van der Waals surface area contributed by atoms with E-state index >= 15 is 0 Å². The summed E-state index contributed by atoms with van der Waals surface area (Å²) in [5, 5.41) is 3.42. The molecule has 11 heteroatoms. The monoisotopic (exact) mass is 552 g/mol. The average molecular weight is 553 g/mol. The number of sulfonamides is 1. The van der Waals surface area contributed by atoms with Crippen LogP contribution in [-0.4, -0.2) is 48.9 Å². The minimum Gasteiger partial charge on any atom is -0.494 e. The molecule has 1 aliphatic rings. The largest absolute Gasteiger partial charge is 0.494 e. The molecule has 0 aromatic heterocycles. The minimum absolute atomic E-state index is 0.0444. The number of nitrogens with zero attached hydrogens (tertiary/aromatic N) is 1. The maximum atomic E-state index is 14.6. The van der Waals surface area contributed by atoms with Crippen molar-refractivity contribution in [3.05, 3.63) is 76.3 Å². The van der Waals surface area contributed by atoms with Crippen molar-refractivity contribution in [1.82, 2.24) is 5.32 Å². The number of hydrogen-bond donors (Lipinski definition) is 1. The van der Waals surface area contributed by atoms with Gasteiger partial charge in [0.2, 0.25) is 0 Å². The van der Waals surface area contributed by atoms with Gasteiger partial charge in [0.15, 0.2) is 11.5 Å². The van der Waals surface area contributed by atoms with Crippen LogP contribution in [0.3, 0.4) is 0 Å². The highest BCUT2D eigenvalue weighted by Gasteiger charge is 2.37. The molecule has 3 aromatic rings. The molecule has 1 saturated heterocycles. The molecule has 0 amide bonds. The van der Waals surface area contributed by atoms with E-state index in [1.165, 1.54) is 62.0 Å². The standard InChI is InChI=1S/C26H27ClF2N2O5S/c1-34-23-8-7-19(14-24(23)35-2)37(32,33)31(18-9-10-30-15-18)26-16(11-17(27)13-25(26)36-3)12-20-21(28)5-4-6-22(20)29/h4-8,11,13-14,18,30H,9-10,12,15H2,1-3H3. The quantitative estimate of drug-likeness (QED) is 0.411. The van der Waals surface area contributed by atoms with Gasteiger partial charge in [-0.1, -0.05) is 17.7 Å². The van der Waals surface area contributed by atoms with Crippen LogP contribution in [0, 0.1) is 11.6 Å². The molecule has 1 fully saturated rings. The predicted molar refractivity (Wildman–Crippen MR) is 138 cm³/mol. The van der Waals surface area contributed by atoms with Gasteiger partial charge < -0.3 is 19.5 Å². The van der Waals surface area contributed by atoms with Gasteiger partial charge in [-0.15, -0.1) is 0 Å². The van der Waals surface area contributed by atoms with E-state index in [9.17, 15) is 17.2 Å². The fourth-order valence-electron chi connectivity index (χ4n) is 4.49. The molecular formula is C26H27ClF2N2O5S. The van der Waals surface area contributed by atoms with Crippen LogP contribution in [0.2, 0.25) is 5.02 Å². The Morgan fingerprint density at radius 1 is 0.973 bits per heavy atom. The summed E-state index contributed by atoms with van der Waals surface area (Å²) in [5.41, 5.74) is 0.253. The summed E-state index contributed by atoms with van der Waals surface area (Å²) >= 11 is 6.34. The lowest BCUT2D eigenvalue weighted by Crippen LogP contribution is -2.42. The number of rotatable bonds is 9. The van der Waals surface area contributed by atoms with Gasteiger partial charge in [-0.25, -0.2) is 17.2 Å². The summed E-state index contributed by atoms with van der Waals surface area (Å²) in [5.74, 6) is -0.723. The van der Waals surface area contributed by atoms with Gasteiger partial charge in [0.25, 0.3) is 10.0 Å². The van der Waals surface area contributed by atoms with Crippen molar-refractivity contribution < 1.29 is 31.4 Å². The summed E-state index contributed by atoms with van der Waals surface area (Å²) < 4.78 is 75.2. The van der Waals surface area contributed by atoms with Gasteiger partial charge in [-0.3, -0.25) is 4.31 Å². The summed E-state index contributed by atoms with van der Waals surface area (Å²) in [6.45, 7) is 0.960. The molecule has 0 spiro atoms. The first kappa shape index (κ1) is 27.0. The second kappa shape index (κ2) is 11.1. The number of methoxy groups -OCH3 is 3. The van der Waals surface area contributed by atoms with Crippen molar-refractivity contribution in [2.45, 2.75) is 23.8 Å². The van der Waals surface area contributed by atoms with E-state index in [4.69, 9.17) is 25.8 Å². The number of ether oxygens (including phenoxy) is 3. The number of hydrogen-bond acceptors (Lipinski definition) is 6. The fraction of sp³-hybridized carbons (Fsp3) is 0.308. The fourth-order valence-corrected chi connectivity index (χ4v) is 6.46. The molecule has 1 N–H and O–H groups in total. The highest BCUT2D eigenvalue weighted by molar-refractivity contribution is 7.92. The van der Waals surface area contributed by atoms with Crippen LogP contribution in [0.1, 0.15) is 17.5 Å². The molecule has 0 bridgehead atoms. The lowest BCUT2D eigenvalue weighted by molar-refractivity contribution is 0.354. The molecule has 0 saturated carbocycles. The van der Waals surface area contributed by atoms with E-state index in [-0.39, 0.29) is 39.1 Å². The first-order valence-corrected chi connectivity index (χ1v) is 13.3. The number of halogens is 3. The zero-order valence-corrected chi connectivity index (χ0v) is 22.1. The molecule has 198 valence electrons. The SMILES string of the molecule is COc1ccc(S(=O)(=O)N(c2c(Cc3c(F)cccc3F)cc(Cl)cc2OC)C2CCNC2)cc1OC. The number of anilines is 1. The second-order valence-electron chi connectivity index (χ2n) is 8.46. The Hall–Kier alpha value is -3.08. The number of nitrogens with one attached hydrogen (secondary N) is 1. The third-order valence-electron chi connectivity index (χ3n) is 6.27. The van der Waals surface area contributed by atoms with Gasteiger partial charge in [0, 0.05) is 35.7 Å². The van der Waals surface area contributed by atoms with E-state index < -0.39 is 27.7 Å². The Morgan fingerprint density at radius 3 is 2.24 bits per heavy atom. The summed E-state index contributed by atoms with van der Waals surface area (Å²) in [4.78, 5) is -0.0444. The summed E-state index contributed by atoms with van der Waals surface area (Å²) in [6, 6.07) is 10.4. The molecular weight excluding hydrogens is 526 g/mol. The van der Waals surface area contributed by atoms with Crippen LogP contribution in [0.15, 0.2) is 53.4 Å². The van der Waals surface area contributed by atoms with E-state index in [2.05, 4.69) is 5.32 Å². The molecule has 0 radical (unpaired) electrons. The molecule has 1 aliphatic heterocycles. The highest BCUT2D eigenvalue weighted by atomic mass is 35.5. The van der Waals surface area contributed by atoms with Gasteiger partial charge in [0.1, 0.15) is 17.4 Å². The van der Waals surface area contributed by atoms with E-state index in [0.29, 0.717) is 30.8 Å². The maximum Gasteiger partial charge on any atom is 0.264 e. The van der Waals surface area contributed by atoms with Crippen molar-refractivity contribution in [2.75, 3.05) is 38.7 Å². The lowest BCUT2D eigenvalue weighted by atomic mass is 10.0. The van der Waals surface area contributed by atoms with Crippen molar-refractivity contribution >= 4 is 27.3 Å². The average Bonchev–Trinajstić information content (AvgIpc) is 3.41. The molecule has 3 aromatic carbocycles. The number of benzene rings is 3. The Bertz CT molecular complexity index is 1380. The van der Waals surface area contributed by atoms with E-state index in [0.717, 1.165) is 12.1 Å². The summed E-state index contributed by atoms with van der Waals surface area (Å²) in [6.07, 6.45) is 0.259. The topological polar surface area (TPSA) is 77.1 Å². The van der Waals surface area contributed by atoms with Gasteiger partial charge in [-0.05, 0) is 48.9 Å². The molecule has 4 rings (SSSR count). The Morgan fingerprint density at radius 2 is 1.65 bits per heavy atom. The molecule has 37 heavy (non-hydrogen) atoms. The lowest BCUT2D eigenvalue weighted by Gasteiger charge is -2.33. The molecule has 1 unspecified atom stereocenters. The maximum absolute atomic E-state index is 14.6. The molecule has 0 aliphatic carbocycles. The first-order chi connectivity index (χ1) is 17.7. The van der Waals surface area contributed by atoms with Gasteiger partial charge in [-0.2, -0.15) is 0 Å². The van der Waals surface area contributed by atoms with Crippen molar-refractivity contribution in [3.63, 3.8) is 0 Å². The minimum atomic E-state index is -4.23. The first-order valence-electron chi connectivity index (χ1n) is 11.5. The molecule has 1 atom stereocenters. The van der Waals surface area contributed by atoms with Crippen LogP contribution in [0.25, 0.3) is 0 Å². The van der Waals surface area contributed by atoms with E-state index in [1.54, 1.807) is 0 Å². The smallest absolute Gasteiger partial charge is 0.264 e. The predicted octanol–water partition coefficient (Wildman–Crippen LogP) is 4.79. The Labute approximate surface area is 220 Å². The third kappa shape index (κ3) is 5.32. The third-order valence-corrected chi connectivity index (χ3v) is 8.33. The Kier molecular flexibility index (Phi) is 8.11. The molecule has 7 nitrogen and oxygen atoms in total. The van der Waals surface area contributed by atoms with Crippen LogP contribution in [0.5, 0.6) is 17.2 Å². The van der Waals surface area contributed by atoms with Gasteiger partial charge in [0.05, 0.1) is 38.0 Å². The van der Waals surface area contributed by atoms with Crippen molar-refractivity contribution in [3.8, 4) is 17.2 Å². The zero-order chi connectivity index (χ0) is 26.7. The molecule has 1 heterocycles. The van der Waals surface area contributed by atoms with Crippen LogP contribution >= 0.6 is 11.6 Å². The van der Waals surface area contributed by atoms with Crippen molar-refractivity contribution in [1.29, 1.82) is 0 Å². The highest BCUT2D eigenvalue weighted by Crippen LogP contribution is 2.42. The normalized spacial score (nSPS) is 15.5. The zero-order valence-electron chi connectivity index (χ0n) is 20.6. The van der Waals surface area contributed by atoms with Crippen LogP contribution in [-0.2, 0) is 16.4 Å². The van der Waals surface area contributed by atoms with Crippen LogP contribution in [0.4, 0.5) is 14.5 Å². The second-order valence-corrected chi connectivity index (χ2v) is 10.7. The van der Waals surface area contributed by atoms with Crippen molar-refractivity contribution in [2.24, 2.45) is 0 Å².